The predicted molar refractivity (Wildman–Crippen MR) is 61.4 cm³/mol. The van der Waals surface area contributed by atoms with E-state index in [2.05, 4.69) is 18.0 Å². The lowest BCUT2D eigenvalue weighted by Crippen LogP contribution is -2.15. The minimum Gasteiger partial charge on any atom is -0.310 e. The van der Waals surface area contributed by atoms with Gasteiger partial charge in [0.2, 0.25) is 0 Å². The smallest absolute Gasteiger partial charge is 0.0481 e. The highest BCUT2D eigenvalue weighted by Gasteiger charge is 2.19. The first kappa shape index (κ1) is 9.75. The van der Waals surface area contributed by atoms with Gasteiger partial charge in [-0.05, 0) is 30.0 Å². The Bertz CT molecular complexity index is 342. The number of hydrogen-bond donors (Lipinski definition) is 1. The summed E-state index contributed by atoms with van der Waals surface area (Å²) in [6, 6.07) is 6.86. The Hall–Kier alpha value is -0.790. The van der Waals surface area contributed by atoms with E-state index in [-0.39, 0.29) is 0 Å². The van der Waals surface area contributed by atoms with E-state index in [0.717, 1.165) is 23.2 Å². The second-order valence-corrected chi connectivity index (χ2v) is 4.12. The van der Waals surface area contributed by atoms with Crippen molar-refractivity contribution in [2.24, 2.45) is 0 Å². The summed E-state index contributed by atoms with van der Waals surface area (Å²) >= 11 is 6.06. The van der Waals surface area contributed by atoms with Gasteiger partial charge in [0.1, 0.15) is 0 Å². The standard InChI is InChI=1S/C12H14ClN/c1-2-10-4-3-9(7-12(10)13)8-14-11-5-6-11/h2-4,7,11,14H,1,5-6,8H2. The van der Waals surface area contributed by atoms with Gasteiger partial charge >= 0.3 is 0 Å². The molecule has 1 aliphatic rings. The highest BCUT2D eigenvalue weighted by Crippen LogP contribution is 2.21. The topological polar surface area (TPSA) is 12.0 Å². The molecule has 1 aliphatic carbocycles. The van der Waals surface area contributed by atoms with Crippen molar-refractivity contribution in [3.63, 3.8) is 0 Å². The molecular weight excluding hydrogens is 194 g/mol. The van der Waals surface area contributed by atoms with Gasteiger partial charge in [-0.1, -0.05) is 36.4 Å². The van der Waals surface area contributed by atoms with Crippen LogP contribution in [-0.4, -0.2) is 6.04 Å². The molecule has 0 aromatic heterocycles. The van der Waals surface area contributed by atoms with Crippen LogP contribution >= 0.6 is 11.6 Å². The average molecular weight is 208 g/mol. The van der Waals surface area contributed by atoms with Crippen LogP contribution in [0.5, 0.6) is 0 Å². The van der Waals surface area contributed by atoms with Gasteiger partial charge in [0.25, 0.3) is 0 Å². The van der Waals surface area contributed by atoms with Crippen LogP contribution in [-0.2, 0) is 6.54 Å². The van der Waals surface area contributed by atoms with Gasteiger partial charge in [-0.25, -0.2) is 0 Å². The first-order chi connectivity index (χ1) is 6.79. The summed E-state index contributed by atoms with van der Waals surface area (Å²) < 4.78 is 0. The van der Waals surface area contributed by atoms with Crippen molar-refractivity contribution in [3.8, 4) is 0 Å². The molecule has 1 fully saturated rings. The molecule has 1 N–H and O–H groups in total. The number of nitrogens with one attached hydrogen (secondary N) is 1. The minimum atomic E-state index is 0.743. The van der Waals surface area contributed by atoms with Crippen molar-refractivity contribution < 1.29 is 0 Å². The lowest BCUT2D eigenvalue weighted by molar-refractivity contribution is 0.688. The third kappa shape index (κ3) is 2.37. The SMILES string of the molecule is C=Cc1ccc(CNC2CC2)cc1Cl. The van der Waals surface area contributed by atoms with Gasteiger partial charge in [0, 0.05) is 17.6 Å². The summed E-state index contributed by atoms with van der Waals surface area (Å²) in [7, 11) is 0. The molecule has 0 amide bonds. The van der Waals surface area contributed by atoms with Crippen LogP contribution in [0, 0.1) is 0 Å². The van der Waals surface area contributed by atoms with E-state index in [1.165, 1.54) is 18.4 Å². The van der Waals surface area contributed by atoms with E-state index in [9.17, 15) is 0 Å². The molecular formula is C12H14ClN. The Morgan fingerprint density at radius 1 is 1.50 bits per heavy atom. The van der Waals surface area contributed by atoms with Crippen molar-refractivity contribution in [2.75, 3.05) is 0 Å². The Balaban J connectivity index is 2.02. The third-order valence-electron chi connectivity index (χ3n) is 2.46. The quantitative estimate of drug-likeness (QED) is 0.800. The molecule has 1 nitrogen and oxygen atoms in total. The van der Waals surface area contributed by atoms with Crippen molar-refractivity contribution >= 4 is 17.7 Å². The third-order valence-corrected chi connectivity index (χ3v) is 2.78. The van der Waals surface area contributed by atoms with Crippen LogP contribution in [0.4, 0.5) is 0 Å². The van der Waals surface area contributed by atoms with E-state index in [1.54, 1.807) is 6.08 Å². The van der Waals surface area contributed by atoms with Crippen molar-refractivity contribution in [3.05, 3.63) is 40.9 Å². The Morgan fingerprint density at radius 2 is 2.29 bits per heavy atom. The molecule has 2 heteroatoms. The molecule has 0 unspecified atom stereocenters. The number of benzene rings is 1. The van der Waals surface area contributed by atoms with Crippen LogP contribution in [0.3, 0.4) is 0 Å². The maximum absolute atomic E-state index is 6.06. The lowest BCUT2D eigenvalue weighted by atomic mass is 10.1. The monoisotopic (exact) mass is 207 g/mol. The second-order valence-electron chi connectivity index (χ2n) is 3.72. The zero-order chi connectivity index (χ0) is 9.97. The van der Waals surface area contributed by atoms with E-state index in [4.69, 9.17) is 11.6 Å². The van der Waals surface area contributed by atoms with Gasteiger partial charge in [-0.2, -0.15) is 0 Å². The number of halogens is 1. The van der Waals surface area contributed by atoms with E-state index in [0.29, 0.717) is 0 Å². The predicted octanol–water partition coefficient (Wildman–Crippen LogP) is 3.24. The number of rotatable bonds is 4. The van der Waals surface area contributed by atoms with Gasteiger partial charge in [-0.15, -0.1) is 0 Å². The van der Waals surface area contributed by atoms with Crippen molar-refractivity contribution in [2.45, 2.75) is 25.4 Å². The fraction of sp³-hybridized carbons (Fsp3) is 0.333. The zero-order valence-electron chi connectivity index (χ0n) is 8.09. The molecule has 0 radical (unpaired) electrons. The summed E-state index contributed by atoms with van der Waals surface area (Å²) in [4.78, 5) is 0. The van der Waals surface area contributed by atoms with E-state index in [1.807, 2.05) is 12.1 Å². The van der Waals surface area contributed by atoms with Crippen LogP contribution in [0.2, 0.25) is 5.02 Å². The Kier molecular flexibility index (Phi) is 2.90. The Labute approximate surface area is 89.8 Å². The van der Waals surface area contributed by atoms with Gasteiger partial charge in [0.15, 0.2) is 0 Å². The molecule has 0 heterocycles. The highest BCUT2D eigenvalue weighted by molar-refractivity contribution is 6.32. The molecule has 2 rings (SSSR count). The average Bonchev–Trinajstić information content (AvgIpc) is 2.98. The summed E-state index contributed by atoms with van der Waals surface area (Å²) in [5, 5.41) is 4.24. The molecule has 0 aliphatic heterocycles. The Morgan fingerprint density at radius 3 is 2.86 bits per heavy atom. The molecule has 1 aromatic carbocycles. The first-order valence-electron chi connectivity index (χ1n) is 4.94. The molecule has 74 valence electrons. The van der Waals surface area contributed by atoms with Crippen LogP contribution in [0.1, 0.15) is 24.0 Å². The molecule has 0 bridgehead atoms. The highest BCUT2D eigenvalue weighted by atomic mass is 35.5. The van der Waals surface area contributed by atoms with Gasteiger partial charge < -0.3 is 5.32 Å². The summed E-state index contributed by atoms with van der Waals surface area (Å²) in [6.45, 7) is 4.62. The van der Waals surface area contributed by atoms with Crippen LogP contribution in [0.15, 0.2) is 24.8 Å². The summed E-state index contributed by atoms with van der Waals surface area (Å²) in [5.41, 5.74) is 2.24. The first-order valence-corrected chi connectivity index (χ1v) is 5.31. The second kappa shape index (κ2) is 4.16. The molecule has 0 spiro atoms. The van der Waals surface area contributed by atoms with Crippen molar-refractivity contribution in [1.29, 1.82) is 0 Å². The lowest BCUT2D eigenvalue weighted by Gasteiger charge is -2.05. The largest absolute Gasteiger partial charge is 0.310 e. The van der Waals surface area contributed by atoms with Crippen molar-refractivity contribution in [1.82, 2.24) is 5.32 Å². The molecule has 14 heavy (non-hydrogen) atoms. The fourth-order valence-electron chi connectivity index (χ4n) is 1.40. The van der Waals surface area contributed by atoms with E-state index >= 15 is 0 Å². The molecule has 1 aromatic rings. The maximum Gasteiger partial charge on any atom is 0.0481 e. The fourth-order valence-corrected chi connectivity index (χ4v) is 1.68. The maximum atomic E-state index is 6.06. The molecule has 0 saturated heterocycles. The molecule has 1 saturated carbocycles. The number of hydrogen-bond acceptors (Lipinski definition) is 1. The van der Waals surface area contributed by atoms with E-state index < -0.39 is 0 Å². The zero-order valence-corrected chi connectivity index (χ0v) is 8.85. The molecule has 0 atom stereocenters. The minimum absolute atomic E-state index is 0.743. The normalized spacial score (nSPS) is 15.5. The summed E-state index contributed by atoms with van der Waals surface area (Å²) in [5.74, 6) is 0. The van der Waals surface area contributed by atoms with Gasteiger partial charge in [0.05, 0.1) is 0 Å². The van der Waals surface area contributed by atoms with Crippen LogP contribution < -0.4 is 5.32 Å². The van der Waals surface area contributed by atoms with Crippen LogP contribution in [0.25, 0.3) is 6.08 Å². The van der Waals surface area contributed by atoms with Gasteiger partial charge in [-0.3, -0.25) is 0 Å². The summed E-state index contributed by atoms with van der Waals surface area (Å²) in [6.07, 6.45) is 4.41.